The summed E-state index contributed by atoms with van der Waals surface area (Å²) < 4.78 is 0. The van der Waals surface area contributed by atoms with Crippen LogP contribution in [0.3, 0.4) is 0 Å². The van der Waals surface area contributed by atoms with Crippen molar-refractivity contribution in [1.82, 2.24) is 30.1 Å². The van der Waals surface area contributed by atoms with Gasteiger partial charge in [0.15, 0.2) is 11.5 Å². The van der Waals surface area contributed by atoms with E-state index in [9.17, 15) is 5.11 Å². The predicted molar refractivity (Wildman–Crippen MR) is 140 cm³/mol. The van der Waals surface area contributed by atoms with Crippen molar-refractivity contribution in [2.24, 2.45) is 5.92 Å². The molecular formula is C26H23N7OS. The standard InChI is InChI=1S/C26H23N7OS/c1-14(2)26(34)29-17-10-16(12-27-13-17)15-5-6-20-19(11-15)23(33-32-20)25-30-22-18(21-4-3-9-35-21)7-8-28-24(22)31-25/h3-14,26,29,34H,1-2H3,(H,32,33)(H,28,30,31). The third-order valence-corrected chi connectivity index (χ3v) is 6.89. The van der Waals surface area contributed by atoms with Crippen molar-refractivity contribution in [3.8, 4) is 33.1 Å². The molecule has 0 spiro atoms. The maximum absolute atomic E-state index is 10.2. The van der Waals surface area contributed by atoms with Crippen molar-refractivity contribution in [3.63, 3.8) is 0 Å². The lowest BCUT2D eigenvalue weighted by molar-refractivity contribution is 0.153. The molecule has 0 aliphatic rings. The third kappa shape index (κ3) is 3.94. The summed E-state index contributed by atoms with van der Waals surface area (Å²) in [5, 5.41) is 24.0. The Kier molecular flexibility index (Phi) is 5.28. The highest BCUT2D eigenvalue weighted by atomic mass is 32.1. The number of pyridine rings is 2. The van der Waals surface area contributed by atoms with Crippen LogP contribution in [-0.4, -0.2) is 41.5 Å². The minimum Gasteiger partial charge on any atom is -0.374 e. The number of aliphatic hydroxyl groups excluding tert-OH is 1. The van der Waals surface area contributed by atoms with E-state index in [1.165, 1.54) is 0 Å². The zero-order valence-electron chi connectivity index (χ0n) is 19.1. The molecule has 0 fully saturated rings. The average Bonchev–Trinajstić information content (AvgIpc) is 3.62. The van der Waals surface area contributed by atoms with E-state index in [1.54, 1.807) is 23.7 Å². The van der Waals surface area contributed by atoms with Gasteiger partial charge in [-0.05, 0) is 47.2 Å². The molecule has 6 rings (SSSR count). The van der Waals surface area contributed by atoms with Crippen LogP contribution in [0, 0.1) is 5.92 Å². The number of hydrogen-bond donors (Lipinski definition) is 4. The van der Waals surface area contributed by atoms with Crippen LogP contribution in [0.5, 0.6) is 0 Å². The molecule has 1 atom stereocenters. The minimum atomic E-state index is -0.643. The maximum Gasteiger partial charge on any atom is 0.178 e. The molecule has 1 aromatic carbocycles. The minimum absolute atomic E-state index is 0.0853. The van der Waals surface area contributed by atoms with Gasteiger partial charge in [-0.2, -0.15) is 5.10 Å². The molecule has 0 radical (unpaired) electrons. The Morgan fingerprint density at radius 1 is 1.06 bits per heavy atom. The molecule has 6 aromatic rings. The van der Waals surface area contributed by atoms with Crippen molar-refractivity contribution in [1.29, 1.82) is 0 Å². The van der Waals surface area contributed by atoms with Crippen molar-refractivity contribution in [2.75, 3.05) is 5.32 Å². The maximum atomic E-state index is 10.2. The molecule has 0 aliphatic heterocycles. The second-order valence-electron chi connectivity index (χ2n) is 8.75. The molecule has 8 nitrogen and oxygen atoms in total. The summed E-state index contributed by atoms with van der Waals surface area (Å²) in [6.45, 7) is 3.92. The fourth-order valence-electron chi connectivity index (χ4n) is 4.05. The zero-order valence-corrected chi connectivity index (χ0v) is 20.0. The van der Waals surface area contributed by atoms with Gasteiger partial charge in [0.1, 0.15) is 11.9 Å². The van der Waals surface area contributed by atoms with Crippen LogP contribution in [0.15, 0.2) is 66.4 Å². The zero-order chi connectivity index (χ0) is 23.9. The van der Waals surface area contributed by atoms with Gasteiger partial charge in [-0.25, -0.2) is 9.97 Å². The fraction of sp³-hybridized carbons (Fsp3) is 0.154. The number of nitrogens with zero attached hydrogens (tertiary/aromatic N) is 4. The normalized spacial score (nSPS) is 12.6. The first kappa shape index (κ1) is 21.5. The molecule has 0 amide bonds. The number of hydrogen-bond acceptors (Lipinski definition) is 7. The largest absolute Gasteiger partial charge is 0.374 e. The summed E-state index contributed by atoms with van der Waals surface area (Å²) in [7, 11) is 0. The van der Waals surface area contributed by atoms with Gasteiger partial charge in [-0.1, -0.05) is 26.0 Å². The second kappa shape index (κ2) is 8.61. The smallest absolute Gasteiger partial charge is 0.178 e. The van der Waals surface area contributed by atoms with E-state index in [1.807, 2.05) is 50.4 Å². The lowest BCUT2D eigenvalue weighted by atomic mass is 10.0. The summed E-state index contributed by atoms with van der Waals surface area (Å²) in [5.41, 5.74) is 6.95. The van der Waals surface area contributed by atoms with Crippen LogP contribution >= 0.6 is 11.3 Å². The van der Waals surface area contributed by atoms with E-state index in [-0.39, 0.29) is 5.92 Å². The number of H-pyrrole nitrogens is 2. The van der Waals surface area contributed by atoms with E-state index in [2.05, 4.69) is 48.0 Å². The SMILES string of the molecule is CC(C)C(O)Nc1cncc(-c2ccc3[nH]nc(-c4nc5nccc(-c6cccs6)c5[nH]4)c3c2)c1. The summed E-state index contributed by atoms with van der Waals surface area (Å²) in [6.07, 6.45) is 4.67. The Morgan fingerprint density at radius 2 is 1.97 bits per heavy atom. The fourth-order valence-corrected chi connectivity index (χ4v) is 4.81. The van der Waals surface area contributed by atoms with E-state index >= 15 is 0 Å². The lowest BCUT2D eigenvalue weighted by Gasteiger charge is -2.17. The van der Waals surface area contributed by atoms with Crippen LogP contribution in [0.2, 0.25) is 0 Å². The van der Waals surface area contributed by atoms with Crippen molar-refractivity contribution < 1.29 is 5.11 Å². The Balaban J connectivity index is 1.41. The summed E-state index contributed by atoms with van der Waals surface area (Å²) in [4.78, 5) is 18.2. The molecule has 5 aromatic heterocycles. The third-order valence-electron chi connectivity index (χ3n) is 5.98. The number of rotatable bonds is 6. The van der Waals surface area contributed by atoms with Gasteiger partial charge in [0, 0.05) is 33.8 Å². The molecule has 5 heterocycles. The van der Waals surface area contributed by atoms with Gasteiger partial charge < -0.3 is 15.4 Å². The first-order valence-electron chi connectivity index (χ1n) is 11.3. The van der Waals surface area contributed by atoms with Crippen LogP contribution in [0.4, 0.5) is 5.69 Å². The molecule has 0 saturated heterocycles. The number of aromatic nitrogens is 6. The molecular weight excluding hydrogens is 458 g/mol. The molecule has 0 aliphatic carbocycles. The van der Waals surface area contributed by atoms with Gasteiger partial charge in [-0.15, -0.1) is 11.3 Å². The van der Waals surface area contributed by atoms with Crippen molar-refractivity contribution in [2.45, 2.75) is 20.1 Å². The van der Waals surface area contributed by atoms with Crippen LogP contribution in [0.1, 0.15) is 13.8 Å². The van der Waals surface area contributed by atoms with Gasteiger partial charge in [0.2, 0.25) is 0 Å². The summed E-state index contributed by atoms with van der Waals surface area (Å²) in [6, 6.07) is 14.2. The first-order chi connectivity index (χ1) is 17.1. The van der Waals surface area contributed by atoms with E-state index < -0.39 is 6.23 Å². The Hall–Kier alpha value is -4.08. The first-order valence-corrected chi connectivity index (χ1v) is 12.2. The van der Waals surface area contributed by atoms with Gasteiger partial charge in [0.05, 0.1) is 22.9 Å². The van der Waals surface area contributed by atoms with Crippen LogP contribution in [-0.2, 0) is 0 Å². The number of thiophene rings is 1. The molecule has 1 unspecified atom stereocenters. The Morgan fingerprint density at radius 3 is 2.80 bits per heavy atom. The highest BCUT2D eigenvalue weighted by Crippen LogP contribution is 2.34. The van der Waals surface area contributed by atoms with Crippen molar-refractivity contribution in [3.05, 3.63) is 66.4 Å². The van der Waals surface area contributed by atoms with E-state index in [0.29, 0.717) is 11.5 Å². The summed E-state index contributed by atoms with van der Waals surface area (Å²) >= 11 is 1.68. The number of imidazole rings is 1. The number of nitrogens with one attached hydrogen (secondary N) is 3. The Labute approximate surface area is 205 Å². The lowest BCUT2D eigenvalue weighted by Crippen LogP contribution is -2.24. The molecule has 9 heteroatoms. The number of benzene rings is 1. The van der Waals surface area contributed by atoms with Crippen LogP contribution in [0.25, 0.3) is 55.2 Å². The number of aromatic amines is 2. The van der Waals surface area contributed by atoms with Gasteiger partial charge in [-0.3, -0.25) is 10.1 Å². The Bertz CT molecular complexity index is 1630. The highest BCUT2D eigenvalue weighted by molar-refractivity contribution is 7.13. The molecule has 0 saturated carbocycles. The number of fused-ring (bicyclic) bond motifs is 2. The quantitative estimate of drug-likeness (QED) is 0.228. The number of aliphatic hydroxyl groups is 1. The molecule has 0 bridgehead atoms. The second-order valence-corrected chi connectivity index (χ2v) is 9.70. The predicted octanol–water partition coefficient (Wildman–Crippen LogP) is 5.68. The molecule has 4 N–H and O–H groups in total. The highest BCUT2D eigenvalue weighted by Gasteiger charge is 2.17. The summed E-state index contributed by atoms with van der Waals surface area (Å²) in [5.74, 6) is 0.746. The van der Waals surface area contributed by atoms with Crippen molar-refractivity contribution >= 4 is 39.1 Å². The monoisotopic (exact) mass is 481 g/mol. The van der Waals surface area contributed by atoms with E-state index in [0.717, 1.165) is 49.4 Å². The molecule has 35 heavy (non-hydrogen) atoms. The van der Waals surface area contributed by atoms with Gasteiger partial charge >= 0.3 is 0 Å². The number of anilines is 1. The molecule has 174 valence electrons. The topological polar surface area (TPSA) is 115 Å². The van der Waals surface area contributed by atoms with E-state index in [4.69, 9.17) is 4.98 Å². The average molecular weight is 482 g/mol. The van der Waals surface area contributed by atoms with Gasteiger partial charge in [0.25, 0.3) is 0 Å². The van der Waals surface area contributed by atoms with Crippen LogP contribution < -0.4 is 5.32 Å².